The Bertz CT molecular complexity index is 1820. The lowest BCUT2D eigenvalue weighted by Crippen LogP contribution is -2.17. The molecule has 0 N–H and O–H groups in total. The van der Waals surface area contributed by atoms with Crippen molar-refractivity contribution < 1.29 is 8.83 Å². The summed E-state index contributed by atoms with van der Waals surface area (Å²) < 4.78 is 12.1. The van der Waals surface area contributed by atoms with E-state index >= 15 is 0 Å². The van der Waals surface area contributed by atoms with Crippen LogP contribution in [0.15, 0.2) is 118 Å². The molecule has 2 aliphatic carbocycles. The Balaban J connectivity index is 1.42. The second-order valence-corrected chi connectivity index (χ2v) is 11.4. The monoisotopic (exact) mass is 504 g/mol. The molecule has 188 valence electrons. The molecule has 2 nitrogen and oxygen atoms in total. The van der Waals surface area contributed by atoms with E-state index in [2.05, 4.69) is 98.8 Å². The van der Waals surface area contributed by atoms with Gasteiger partial charge < -0.3 is 8.83 Å². The molecule has 2 aromatic heterocycles. The van der Waals surface area contributed by atoms with E-state index < -0.39 is 0 Å². The Morgan fingerprint density at radius 3 is 1.31 bits per heavy atom. The van der Waals surface area contributed by atoms with Gasteiger partial charge in [-0.25, -0.2) is 0 Å². The minimum Gasteiger partial charge on any atom is -0.465 e. The zero-order valence-electron chi connectivity index (χ0n) is 22.1. The van der Waals surface area contributed by atoms with Gasteiger partial charge in [-0.3, -0.25) is 0 Å². The van der Waals surface area contributed by atoms with Gasteiger partial charge in [0.2, 0.25) is 0 Å². The molecule has 0 aliphatic heterocycles. The van der Waals surface area contributed by atoms with Crippen LogP contribution in [0, 0.1) is 5.41 Å². The molecule has 39 heavy (non-hydrogen) atoms. The Labute approximate surface area is 227 Å². The molecule has 0 amide bonds. The smallest absolute Gasteiger partial charge is 0.130 e. The molecule has 0 atom stereocenters. The van der Waals surface area contributed by atoms with Crippen LogP contribution in [-0.2, 0) is 12.8 Å². The van der Waals surface area contributed by atoms with Gasteiger partial charge in [0.25, 0.3) is 0 Å². The van der Waals surface area contributed by atoms with E-state index in [4.69, 9.17) is 8.83 Å². The lowest BCUT2D eigenvalue weighted by atomic mass is 9.70. The van der Waals surface area contributed by atoms with Gasteiger partial charge in [0, 0.05) is 29.4 Å². The van der Waals surface area contributed by atoms with Gasteiger partial charge in [0.05, 0.1) is 12.5 Å². The summed E-state index contributed by atoms with van der Waals surface area (Å²) in [6.45, 7) is 4.77. The summed E-state index contributed by atoms with van der Waals surface area (Å²) in [4.78, 5) is 0. The maximum absolute atomic E-state index is 6.07. The molecule has 0 radical (unpaired) electrons. The van der Waals surface area contributed by atoms with Crippen molar-refractivity contribution in [3.8, 4) is 0 Å². The van der Waals surface area contributed by atoms with E-state index in [1.807, 2.05) is 12.1 Å². The quantitative estimate of drug-likeness (QED) is 0.239. The normalized spacial score (nSPS) is 15.0. The van der Waals surface area contributed by atoms with Crippen LogP contribution >= 0.6 is 0 Å². The SMILES string of the molecule is CC(C)(C1=C(c2ccco2)Cc2cc3ccccc3cc21)C1=C(c2ccco2)Cc2cc3ccccc3cc21. The Morgan fingerprint density at radius 2 is 0.923 bits per heavy atom. The Kier molecular flexibility index (Phi) is 4.73. The number of fused-ring (bicyclic) bond motifs is 4. The number of hydrogen-bond acceptors (Lipinski definition) is 2. The van der Waals surface area contributed by atoms with Crippen LogP contribution in [0.2, 0.25) is 0 Å². The number of allylic oxidation sites excluding steroid dienone is 4. The highest BCUT2D eigenvalue weighted by atomic mass is 16.3. The first kappa shape index (κ1) is 22.4. The van der Waals surface area contributed by atoms with Gasteiger partial charge in [0.1, 0.15) is 11.5 Å². The van der Waals surface area contributed by atoms with Crippen LogP contribution in [0.3, 0.4) is 0 Å². The first-order valence-corrected chi connectivity index (χ1v) is 13.7. The molecule has 2 heterocycles. The summed E-state index contributed by atoms with van der Waals surface area (Å²) in [5.74, 6) is 1.91. The van der Waals surface area contributed by atoms with E-state index in [0.717, 1.165) is 24.4 Å². The topological polar surface area (TPSA) is 26.3 Å². The average Bonchev–Trinajstić information content (AvgIpc) is 3.75. The second kappa shape index (κ2) is 8.22. The van der Waals surface area contributed by atoms with E-state index in [9.17, 15) is 0 Å². The molecule has 6 aromatic rings. The number of hydrogen-bond donors (Lipinski definition) is 0. The van der Waals surface area contributed by atoms with E-state index in [1.54, 1.807) is 12.5 Å². The van der Waals surface area contributed by atoms with Crippen LogP contribution in [0.1, 0.15) is 47.6 Å². The lowest BCUT2D eigenvalue weighted by molar-refractivity contribution is 0.549. The van der Waals surface area contributed by atoms with Crippen molar-refractivity contribution in [3.63, 3.8) is 0 Å². The summed E-state index contributed by atoms with van der Waals surface area (Å²) >= 11 is 0. The molecule has 0 spiro atoms. The number of rotatable bonds is 4. The summed E-state index contributed by atoms with van der Waals surface area (Å²) in [6, 6.07) is 35.1. The molecule has 4 aromatic carbocycles. The van der Waals surface area contributed by atoms with Gasteiger partial charge in [0.15, 0.2) is 0 Å². The maximum Gasteiger partial charge on any atom is 0.130 e. The standard InChI is InChI=1S/C37H28O2/c1-37(2,35-29-19-25-11-5-3-9-23(25)17-27(29)21-31(35)33-13-7-15-38-33)36-30-20-26-12-6-4-10-24(26)18-28(30)22-32(36)34-14-8-16-39-34/h3-20H,21-22H2,1-2H3. The average molecular weight is 505 g/mol. The third-order valence-electron chi connectivity index (χ3n) is 8.71. The van der Waals surface area contributed by atoms with Crippen LogP contribution in [0.5, 0.6) is 0 Å². The molecular weight excluding hydrogens is 476 g/mol. The molecule has 2 heteroatoms. The highest BCUT2D eigenvalue weighted by Crippen LogP contribution is 2.58. The molecule has 2 aliphatic rings. The van der Waals surface area contributed by atoms with Crippen molar-refractivity contribution in [2.24, 2.45) is 5.41 Å². The van der Waals surface area contributed by atoms with Crippen molar-refractivity contribution in [1.29, 1.82) is 0 Å². The van der Waals surface area contributed by atoms with Gasteiger partial charge in [-0.2, -0.15) is 0 Å². The van der Waals surface area contributed by atoms with Gasteiger partial charge in [-0.05, 0) is 91.3 Å². The highest BCUT2D eigenvalue weighted by Gasteiger charge is 2.42. The number of benzene rings is 4. The summed E-state index contributed by atoms with van der Waals surface area (Å²) in [6.07, 6.45) is 5.30. The van der Waals surface area contributed by atoms with Gasteiger partial charge in [-0.1, -0.05) is 74.5 Å². The van der Waals surface area contributed by atoms with Crippen molar-refractivity contribution in [2.75, 3.05) is 0 Å². The fourth-order valence-corrected chi connectivity index (χ4v) is 7.09. The predicted octanol–water partition coefficient (Wildman–Crippen LogP) is 9.84. The molecule has 0 fully saturated rings. The zero-order chi connectivity index (χ0) is 26.1. The maximum atomic E-state index is 6.07. The first-order valence-electron chi connectivity index (χ1n) is 13.7. The van der Waals surface area contributed by atoms with Crippen LogP contribution in [0.25, 0.3) is 43.8 Å². The Hall–Kier alpha value is -4.56. The molecule has 0 saturated heterocycles. The fourth-order valence-electron chi connectivity index (χ4n) is 7.09. The van der Waals surface area contributed by atoms with Crippen molar-refractivity contribution in [2.45, 2.75) is 26.7 Å². The molecular formula is C37H28O2. The minimum absolute atomic E-state index is 0.314. The molecule has 0 unspecified atom stereocenters. The van der Waals surface area contributed by atoms with Gasteiger partial charge in [-0.15, -0.1) is 0 Å². The van der Waals surface area contributed by atoms with E-state index in [-0.39, 0.29) is 5.41 Å². The summed E-state index contributed by atoms with van der Waals surface area (Å²) in [7, 11) is 0. The lowest BCUT2D eigenvalue weighted by Gasteiger charge is -2.32. The highest BCUT2D eigenvalue weighted by molar-refractivity contribution is 6.11. The fraction of sp³-hybridized carbons (Fsp3) is 0.135. The van der Waals surface area contributed by atoms with Crippen molar-refractivity contribution >= 4 is 43.8 Å². The summed E-state index contributed by atoms with van der Waals surface area (Å²) in [5.41, 5.74) is 10.3. The van der Waals surface area contributed by atoms with Crippen molar-refractivity contribution in [3.05, 3.63) is 143 Å². The molecule has 0 saturated carbocycles. The second-order valence-electron chi connectivity index (χ2n) is 11.4. The zero-order valence-corrected chi connectivity index (χ0v) is 22.1. The van der Waals surface area contributed by atoms with Crippen molar-refractivity contribution in [1.82, 2.24) is 0 Å². The minimum atomic E-state index is -0.314. The Morgan fingerprint density at radius 1 is 0.513 bits per heavy atom. The third-order valence-corrected chi connectivity index (χ3v) is 8.71. The first-order chi connectivity index (χ1) is 19.1. The van der Waals surface area contributed by atoms with Crippen LogP contribution in [0.4, 0.5) is 0 Å². The van der Waals surface area contributed by atoms with E-state index in [0.29, 0.717) is 0 Å². The van der Waals surface area contributed by atoms with Gasteiger partial charge >= 0.3 is 0 Å². The van der Waals surface area contributed by atoms with E-state index in [1.165, 1.54) is 66.1 Å². The summed E-state index contributed by atoms with van der Waals surface area (Å²) in [5, 5.41) is 5.09. The largest absolute Gasteiger partial charge is 0.465 e. The molecule has 8 rings (SSSR count). The van der Waals surface area contributed by atoms with Crippen LogP contribution in [-0.4, -0.2) is 0 Å². The predicted molar refractivity (Wildman–Crippen MR) is 160 cm³/mol. The van der Waals surface area contributed by atoms with Crippen LogP contribution < -0.4 is 0 Å². The number of furan rings is 2. The third kappa shape index (κ3) is 3.34. The molecule has 0 bridgehead atoms.